The Morgan fingerprint density at radius 3 is 2.25 bits per heavy atom. The summed E-state index contributed by atoms with van der Waals surface area (Å²) in [6, 6.07) is 0. The highest BCUT2D eigenvalue weighted by atomic mass is 35.5. The molecule has 0 aliphatic rings. The molecular formula is C4H7ClO2S. The van der Waals surface area contributed by atoms with E-state index in [4.69, 9.17) is 11.6 Å². The fourth-order valence-corrected chi connectivity index (χ4v) is 0.852. The molecule has 0 unspecified atom stereocenters. The van der Waals surface area contributed by atoms with Crippen LogP contribution in [0.4, 0.5) is 0 Å². The lowest BCUT2D eigenvalue weighted by molar-refractivity contribution is 0.604. The van der Waals surface area contributed by atoms with Crippen molar-refractivity contribution in [1.29, 1.82) is 0 Å². The van der Waals surface area contributed by atoms with Gasteiger partial charge in [-0.3, -0.25) is 0 Å². The lowest BCUT2D eigenvalue weighted by Crippen LogP contribution is -1.98. The molecule has 0 amide bonds. The summed E-state index contributed by atoms with van der Waals surface area (Å²) in [5, 5.41) is 0. The van der Waals surface area contributed by atoms with Crippen LogP contribution in [0.5, 0.6) is 0 Å². The molecular weight excluding hydrogens is 148 g/mol. The Balaban J connectivity index is 3.76. The number of sulfone groups is 1. The quantitative estimate of drug-likeness (QED) is 0.589. The van der Waals surface area contributed by atoms with E-state index in [1.165, 1.54) is 11.6 Å². The molecule has 0 aromatic rings. The molecule has 0 bridgehead atoms. The first-order valence-electron chi connectivity index (χ1n) is 1.99. The zero-order valence-corrected chi connectivity index (χ0v) is 6.04. The predicted octanol–water partition coefficient (Wildman–Crippen LogP) is 0.784. The minimum atomic E-state index is -2.86. The zero-order chi connectivity index (χ0) is 6.62. The Kier molecular flexibility index (Phi) is 3.09. The third-order valence-corrected chi connectivity index (χ3v) is 1.46. The third-order valence-electron chi connectivity index (χ3n) is 0.488. The molecule has 0 saturated carbocycles. The fourth-order valence-electron chi connectivity index (χ4n) is 0.211. The molecule has 8 heavy (non-hydrogen) atoms. The molecule has 0 aliphatic carbocycles. The maximum Gasteiger partial charge on any atom is 0.151 e. The number of hydrogen-bond acceptors (Lipinski definition) is 2. The highest BCUT2D eigenvalue weighted by molar-refractivity contribution is 7.90. The van der Waals surface area contributed by atoms with Crippen LogP contribution < -0.4 is 0 Å². The second-order valence-corrected chi connectivity index (χ2v) is 3.89. The van der Waals surface area contributed by atoms with Crippen molar-refractivity contribution in [2.75, 3.05) is 12.0 Å². The molecule has 0 radical (unpaired) electrons. The molecule has 0 atom stereocenters. The van der Waals surface area contributed by atoms with Crippen LogP contribution in [0.3, 0.4) is 0 Å². The van der Waals surface area contributed by atoms with E-state index in [0.717, 1.165) is 6.26 Å². The molecule has 0 saturated heterocycles. The van der Waals surface area contributed by atoms with Gasteiger partial charge in [-0.2, -0.15) is 0 Å². The second-order valence-electron chi connectivity index (χ2n) is 1.45. The molecule has 0 aromatic carbocycles. The lowest BCUT2D eigenvalue weighted by Gasteiger charge is -1.84. The van der Waals surface area contributed by atoms with E-state index in [2.05, 4.69) is 0 Å². The minimum absolute atomic E-state index is 0.0243. The van der Waals surface area contributed by atoms with E-state index in [1.807, 2.05) is 0 Å². The van der Waals surface area contributed by atoms with Crippen molar-refractivity contribution < 1.29 is 8.42 Å². The first kappa shape index (κ1) is 7.98. The highest BCUT2D eigenvalue weighted by Crippen LogP contribution is 1.85. The maximum atomic E-state index is 10.3. The molecule has 0 aliphatic heterocycles. The van der Waals surface area contributed by atoms with Crippen molar-refractivity contribution >= 4 is 21.4 Å². The molecule has 0 aromatic heterocycles. The summed E-state index contributed by atoms with van der Waals surface area (Å²) in [6.45, 7) is 0. The minimum Gasteiger partial charge on any atom is -0.229 e. The Morgan fingerprint density at radius 2 is 2.12 bits per heavy atom. The van der Waals surface area contributed by atoms with Crippen molar-refractivity contribution in [2.24, 2.45) is 0 Å². The smallest absolute Gasteiger partial charge is 0.151 e. The predicted molar refractivity (Wildman–Crippen MR) is 34.7 cm³/mol. The summed E-state index contributed by atoms with van der Waals surface area (Å²) in [5.74, 6) is 0.0243. The third kappa shape index (κ3) is 5.98. The summed E-state index contributed by atoms with van der Waals surface area (Å²) >= 11 is 5.06. The second kappa shape index (κ2) is 3.10. The van der Waals surface area contributed by atoms with E-state index in [9.17, 15) is 8.42 Å². The first-order chi connectivity index (χ1) is 3.56. The summed E-state index contributed by atoms with van der Waals surface area (Å²) < 4.78 is 20.6. The van der Waals surface area contributed by atoms with Crippen molar-refractivity contribution in [3.05, 3.63) is 11.6 Å². The van der Waals surface area contributed by atoms with Gasteiger partial charge in [-0.15, -0.1) is 0 Å². The standard InChI is InChI=1S/C4H7ClO2S/c1-8(6,7)4-2-3-5/h2-3H,4H2,1H3/b3-2-. The van der Waals surface area contributed by atoms with Gasteiger partial charge in [0.2, 0.25) is 0 Å². The van der Waals surface area contributed by atoms with Crippen LogP contribution in [0.15, 0.2) is 11.6 Å². The average molecular weight is 155 g/mol. The Hall–Kier alpha value is -0.0200. The summed E-state index contributed by atoms with van der Waals surface area (Å²) in [6.07, 6.45) is 2.54. The summed E-state index contributed by atoms with van der Waals surface area (Å²) in [7, 11) is -2.86. The lowest BCUT2D eigenvalue weighted by atomic mass is 10.8. The van der Waals surface area contributed by atoms with Crippen LogP contribution in [-0.2, 0) is 9.84 Å². The molecule has 4 heteroatoms. The first-order valence-corrected chi connectivity index (χ1v) is 4.49. The fraction of sp³-hybridized carbons (Fsp3) is 0.500. The van der Waals surface area contributed by atoms with Crippen LogP contribution in [0.25, 0.3) is 0 Å². The maximum absolute atomic E-state index is 10.3. The van der Waals surface area contributed by atoms with Crippen molar-refractivity contribution in [1.82, 2.24) is 0 Å². The van der Waals surface area contributed by atoms with Gasteiger partial charge in [0.25, 0.3) is 0 Å². The molecule has 2 nitrogen and oxygen atoms in total. The van der Waals surface area contributed by atoms with E-state index < -0.39 is 9.84 Å². The molecule has 0 spiro atoms. The van der Waals surface area contributed by atoms with Crippen LogP contribution in [0, 0.1) is 0 Å². The van der Waals surface area contributed by atoms with Crippen LogP contribution in [-0.4, -0.2) is 20.4 Å². The largest absolute Gasteiger partial charge is 0.229 e. The average Bonchev–Trinajstić information content (AvgIpc) is 1.59. The Bertz CT molecular complexity index is 168. The normalized spacial score (nSPS) is 12.8. The number of halogens is 1. The van der Waals surface area contributed by atoms with E-state index in [1.54, 1.807) is 0 Å². The van der Waals surface area contributed by atoms with Crippen molar-refractivity contribution in [3.63, 3.8) is 0 Å². The summed E-state index contributed by atoms with van der Waals surface area (Å²) in [5.41, 5.74) is 1.20. The molecule has 0 heterocycles. The molecule has 0 fully saturated rings. The van der Waals surface area contributed by atoms with Gasteiger partial charge in [0, 0.05) is 11.8 Å². The van der Waals surface area contributed by atoms with Crippen LogP contribution in [0.1, 0.15) is 0 Å². The Labute approximate surface area is 54.1 Å². The zero-order valence-electron chi connectivity index (χ0n) is 4.46. The molecule has 0 rings (SSSR count). The molecule has 0 N–H and O–H groups in total. The van der Waals surface area contributed by atoms with Crippen LogP contribution >= 0.6 is 11.6 Å². The van der Waals surface area contributed by atoms with Crippen molar-refractivity contribution in [2.45, 2.75) is 0 Å². The summed E-state index contributed by atoms with van der Waals surface area (Å²) in [4.78, 5) is 0. The van der Waals surface area contributed by atoms with E-state index in [-0.39, 0.29) is 5.75 Å². The van der Waals surface area contributed by atoms with Gasteiger partial charge in [-0.05, 0) is 0 Å². The topological polar surface area (TPSA) is 34.1 Å². The monoisotopic (exact) mass is 154 g/mol. The van der Waals surface area contributed by atoms with Gasteiger partial charge in [0.15, 0.2) is 9.84 Å². The Morgan fingerprint density at radius 1 is 1.62 bits per heavy atom. The van der Waals surface area contributed by atoms with E-state index in [0.29, 0.717) is 0 Å². The van der Waals surface area contributed by atoms with Gasteiger partial charge in [0.05, 0.1) is 5.75 Å². The van der Waals surface area contributed by atoms with Crippen LogP contribution in [0.2, 0.25) is 0 Å². The number of rotatable bonds is 2. The van der Waals surface area contributed by atoms with Gasteiger partial charge >= 0.3 is 0 Å². The van der Waals surface area contributed by atoms with Gasteiger partial charge < -0.3 is 0 Å². The van der Waals surface area contributed by atoms with Gasteiger partial charge in [-0.1, -0.05) is 17.7 Å². The SMILES string of the molecule is CS(=O)(=O)C/C=C\Cl. The van der Waals surface area contributed by atoms with Gasteiger partial charge in [-0.25, -0.2) is 8.42 Å². The molecule has 48 valence electrons. The van der Waals surface area contributed by atoms with Crippen molar-refractivity contribution in [3.8, 4) is 0 Å². The van der Waals surface area contributed by atoms with Gasteiger partial charge in [0.1, 0.15) is 0 Å². The highest BCUT2D eigenvalue weighted by Gasteiger charge is 1.94. The van der Waals surface area contributed by atoms with E-state index >= 15 is 0 Å². The number of hydrogen-bond donors (Lipinski definition) is 0.